The van der Waals surface area contributed by atoms with Crippen molar-refractivity contribution < 1.29 is 13.2 Å². The second kappa shape index (κ2) is 6.18. The molecular formula is C17H11ClFN3O3. The Hall–Kier alpha value is -2.93. The van der Waals surface area contributed by atoms with E-state index < -0.39 is 11.6 Å². The Labute approximate surface area is 145 Å². The molecule has 2 aromatic carbocycles. The van der Waals surface area contributed by atoms with Crippen LogP contribution in [0.15, 0.2) is 56.1 Å². The molecule has 0 unspecified atom stereocenters. The largest absolute Gasteiger partial charge is 0.421 e. The topological polar surface area (TPSA) is 74.1 Å². The van der Waals surface area contributed by atoms with Gasteiger partial charge in [0, 0.05) is 24.1 Å². The minimum atomic E-state index is -0.494. The summed E-state index contributed by atoms with van der Waals surface area (Å²) in [6, 6.07) is 11.1. The van der Waals surface area contributed by atoms with E-state index in [1.165, 1.54) is 10.6 Å². The molecule has 4 rings (SSSR count). The van der Waals surface area contributed by atoms with Crippen LogP contribution >= 0.6 is 11.6 Å². The molecule has 0 saturated heterocycles. The molecule has 25 heavy (non-hydrogen) atoms. The van der Waals surface area contributed by atoms with Crippen molar-refractivity contribution in [2.45, 2.75) is 13.0 Å². The van der Waals surface area contributed by atoms with Crippen LogP contribution in [0.3, 0.4) is 0 Å². The molecule has 0 spiro atoms. The Morgan fingerprint density at radius 2 is 1.96 bits per heavy atom. The van der Waals surface area contributed by atoms with Gasteiger partial charge in [-0.05, 0) is 24.3 Å². The van der Waals surface area contributed by atoms with Crippen molar-refractivity contribution in [1.29, 1.82) is 0 Å². The van der Waals surface area contributed by atoms with Gasteiger partial charge in [-0.25, -0.2) is 9.18 Å². The van der Waals surface area contributed by atoms with Crippen LogP contribution in [0.4, 0.5) is 4.39 Å². The van der Waals surface area contributed by atoms with E-state index in [1.54, 1.807) is 36.4 Å². The summed E-state index contributed by atoms with van der Waals surface area (Å²) in [5, 5.41) is 8.25. The highest BCUT2D eigenvalue weighted by atomic mass is 35.5. The van der Waals surface area contributed by atoms with E-state index in [1.807, 2.05) is 0 Å². The van der Waals surface area contributed by atoms with E-state index in [0.717, 1.165) is 0 Å². The minimum Gasteiger partial charge on any atom is -0.421 e. The lowest BCUT2D eigenvalue weighted by Gasteiger charge is -1.99. The Balaban J connectivity index is 1.58. The molecule has 6 nitrogen and oxygen atoms in total. The molecule has 0 radical (unpaired) electrons. The third-order valence-electron chi connectivity index (χ3n) is 3.75. The summed E-state index contributed by atoms with van der Waals surface area (Å²) in [6.45, 7) is 0.284. The number of rotatable bonds is 4. The van der Waals surface area contributed by atoms with Crippen LogP contribution in [-0.4, -0.2) is 14.8 Å². The number of aryl methyl sites for hydroxylation is 2. The van der Waals surface area contributed by atoms with Gasteiger partial charge in [0.25, 0.3) is 5.89 Å². The van der Waals surface area contributed by atoms with Gasteiger partial charge >= 0.3 is 5.76 Å². The van der Waals surface area contributed by atoms with Crippen molar-refractivity contribution in [2.24, 2.45) is 0 Å². The number of fused-ring (bicyclic) bond motifs is 1. The predicted octanol–water partition coefficient (Wildman–Crippen LogP) is 3.68. The highest BCUT2D eigenvalue weighted by Gasteiger charge is 2.14. The monoisotopic (exact) mass is 359 g/mol. The summed E-state index contributed by atoms with van der Waals surface area (Å²) < 4.78 is 25.9. The number of hydrogen-bond acceptors (Lipinski definition) is 5. The number of benzene rings is 2. The third-order valence-corrected chi connectivity index (χ3v) is 3.99. The van der Waals surface area contributed by atoms with Crippen LogP contribution in [0.25, 0.3) is 22.6 Å². The van der Waals surface area contributed by atoms with Crippen LogP contribution in [0.5, 0.6) is 0 Å². The van der Waals surface area contributed by atoms with E-state index in [0.29, 0.717) is 28.4 Å². The first-order chi connectivity index (χ1) is 12.1. The van der Waals surface area contributed by atoms with Crippen LogP contribution in [0.1, 0.15) is 5.89 Å². The maximum absolute atomic E-state index is 13.8. The Bertz CT molecular complexity index is 1120. The fourth-order valence-electron chi connectivity index (χ4n) is 2.56. The normalized spacial score (nSPS) is 11.3. The fraction of sp³-hybridized carbons (Fsp3) is 0.118. The highest BCUT2D eigenvalue weighted by molar-refractivity contribution is 6.31. The molecule has 0 saturated carbocycles. The lowest BCUT2D eigenvalue weighted by molar-refractivity contribution is 0.463. The van der Waals surface area contributed by atoms with Gasteiger partial charge in [0.2, 0.25) is 5.89 Å². The Morgan fingerprint density at radius 1 is 1.12 bits per heavy atom. The molecule has 0 amide bonds. The standard InChI is InChI=1S/C17H11ClFN3O3/c18-10-5-6-13-14(9-10)24-17(23)22(13)8-7-15-20-21-16(25-15)11-3-1-2-4-12(11)19/h1-6,9H,7-8H2. The summed E-state index contributed by atoms with van der Waals surface area (Å²) in [4.78, 5) is 12.0. The first kappa shape index (κ1) is 15.6. The van der Waals surface area contributed by atoms with Gasteiger partial charge in [-0.2, -0.15) is 0 Å². The van der Waals surface area contributed by atoms with Gasteiger partial charge < -0.3 is 8.83 Å². The third kappa shape index (κ3) is 2.94. The van der Waals surface area contributed by atoms with E-state index in [-0.39, 0.29) is 18.0 Å². The van der Waals surface area contributed by atoms with Gasteiger partial charge in [0.15, 0.2) is 5.58 Å². The number of hydrogen-bond donors (Lipinski definition) is 0. The van der Waals surface area contributed by atoms with Crippen molar-refractivity contribution in [3.05, 3.63) is 69.7 Å². The molecule has 2 aromatic heterocycles. The molecule has 0 aliphatic carbocycles. The maximum Gasteiger partial charge on any atom is 0.419 e. The average Bonchev–Trinajstić information content (AvgIpc) is 3.17. The second-order valence-electron chi connectivity index (χ2n) is 5.36. The zero-order valence-electron chi connectivity index (χ0n) is 12.8. The molecule has 126 valence electrons. The lowest BCUT2D eigenvalue weighted by atomic mass is 10.2. The van der Waals surface area contributed by atoms with Crippen LogP contribution in [0.2, 0.25) is 5.02 Å². The van der Waals surface area contributed by atoms with Crippen LogP contribution in [-0.2, 0) is 13.0 Å². The maximum atomic E-state index is 13.8. The number of nitrogens with zero attached hydrogens (tertiary/aromatic N) is 3. The summed E-state index contributed by atoms with van der Waals surface area (Å²) >= 11 is 5.89. The molecule has 0 atom stereocenters. The number of oxazole rings is 1. The molecule has 0 N–H and O–H groups in total. The van der Waals surface area contributed by atoms with Crippen molar-refractivity contribution in [3.8, 4) is 11.5 Å². The molecule has 8 heteroatoms. The van der Waals surface area contributed by atoms with Crippen molar-refractivity contribution in [1.82, 2.24) is 14.8 Å². The average molecular weight is 360 g/mol. The lowest BCUT2D eigenvalue weighted by Crippen LogP contribution is -2.15. The van der Waals surface area contributed by atoms with Crippen LogP contribution < -0.4 is 5.76 Å². The summed E-state index contributed by atoms with van der Waals surface area (Å²) in [7, 11) is 0. The van der Waals surface area contributed by atoms with E-state index in [2.05, 4.69) is 10.2 Å². The van der Waals surface area contributed by atoms with Gasteiger partial charge in [-0.15, -0.1) is 10.2 Å². The van der Waals surface area contributed by atoms with Crippen molar-refractivity contribution >= 4 is 22.7 Å². The molecule has 4 aromatic rings. The zero-order valence-corrected chi connectivity index (χ0v) is 13.5. The van der Waals surface area contributed by atoms with E-state index >= 15 is 0 Å². The van der Waals surface area contributed by atoms with Crippen LogP contribution in [0, 0.1) is 5.82 Å². The first-order valence-corrected chi connectivity index (χ1v) is 7.86. The summed E-state index contributed by atoms with van der Waals surface area (Å²) in [5.74, 6) is -0.532. The van der Waals surface area contributed by atoms with Gasteiger partial charge in [-0.3, -0.25) is 4.57 Å². The molecular weight excluding hydrogens is 349 g/mol. The molecule has 0 fully saturated rings. The van der Waals surface area contributed by atoms with E-state index in [4.69, 9.17) is 20.4 Å². The van der Waals surface area contributed by atoms with Crippen molar-refractivity contribution in [2.75, 3.05) is 0 Å². The second-order valence-corrected chi connectivity index (χ2v) is 5.80. The van der Waals surface area contributed by atoms with Gasteiger partial charge in [0.05, 0.1) is 11.1 Å². The first-order valence-electron chi connectivity index (χ1n) is 7.48. The Kier molecular flexibility index (Phi) is 3.85. The fourth-order valence-corrected chi connectivity index (χ4v) is 2.72. The summed E-state index contributed by atoms with van der Waals surface area (Å²) in [6.07, 6.45) is 0.304. The Morgan fingerprint density at radius 3 is 2.80 bits per heavy atom. The predicted molar refractivity (Wildman–Crippen MR) is 88.9 cm³/mol. The van der Waals surface area contributed by atoms with Gasteiger partial charge in [0.1, 0.15) is 5.82 Å². The van der Waals surface area contributed by atoms with Gasteiger partial charge in [-0.1, -0.05) is 23.7 Å². The molecule has 0 aliphatic rings. The SMILES string of the molecule is O=c1oc2cc(Cl)ccc2n1CCc1nnc(-c2ccccc2F)o1. The quantitative estimate of drug-likeness (QED) is 0.555. The molecule has 0 aliphatic heterocycles. The van der Waals surface area contributed by atoms with E-state index in [9.17, 15) is 9.18 Å². The smallest absolute Gasteiger partial charge is 0.419 e. The minimum absolute atomic E-state index is 0.101. The summed E-state index contributed by atoms with van der Waals surface area (Å²) in [5.41, 5.74) is 1.28. The number of halogens is 2. The molecule has 2 heterocycles. The zero-order chi connectivity index (χ0) is 17.4. The number of aromatic nitrogens is 3. The molecule has 0 bridgehead atoms. The van der Waals surface area contributed by atoms with Crippen molar-refractivity contribution in [3.63, 3.8) is 0 Å². The highest BCUT2D eigenvalue weighted by Crippen LogP contribution is 2.22.